The molecule has 0 aliphatic carbocycles. The fourth-order valence-corrected chi connectivity index (χ4v) is 3.46. The second-order valence-electron chi connectivity index (χ2n) is 7.33. The Hall–Kier alpha value is -4.13. The Labute approximate surface area is 184 Å². The van der Waals surface area contributed by atoms with Gasteiger partial charge in [-0.25, -0.2) is 9.37 Å². The number of aromatic nitrogens is 3. The molecular weight excluding hydrogens is 407 g/mol. The summed E-state index contributed by atoms with van der Waals surface area (Å²) >= 11 is 0. The number of nitrogens with zero attached hydrogens (tertiary/aromatic N) is 2. The lowest BCUT2D eigenvalue weighted by Gasteiger charge is -2.19. The molecule has 1 amide bonds. The summed E-state index contributed by atoms with van der Waals surface area (Å²) in [7, 11) is 0. The quantitative estimate of drug-likeness (QED) is 0.471. The number of hydrogen-bond acceptors (Lipinski definition) is 4. The SMILES string of the molecule is O=C(Cc1ccccc1F)N[C@H](Cc1cc(=O)[nH]c(-c2cccnc2)n1)c1ccccc1. The van der Waals surface area contributed by atoms with Crippen LogP contribution >= 0.6 is 0 Å². The maximum Gasteiger partial charge on any atom is 0.251 e. The van der Waals surface area contributed by atoms with Crippen LogP contribution in [-0.4, -0.2) is 20.9 Å². The van der Waals surface area contributed by atoms with E-state index < -0.39 is 11.9 Å². The Morgan fingerprint density at radius 2 is 1.81 bits per heavy atom. The van der Waals surface area contributed by atoms with Gasteiger partial charge in [-0.2, -0.15) is 0 Å². The number of aromatic amines is 1. The van der Waals surface area contributed by atoms with Crippen molar-refractivity contribution >= 4 is 5.91 Å². The molecule has 0 spiro atoms. The monoisotopic (exact) mass is 428 g/mol. The summed E-state index contributed by atoms with van der Waals surface area (Å²) < 4.78 is 14.0. The first kappa shape index (κ1) is 21.1. The molecule has 0 radical (unpaired) electrons. The van der Waals surface area contributed by atoms with Crippen molar-refractivity contribution in [3.05, 3.63) is 118 Å². The molecule has 1 atom stereocenters. The van der Waals surface area contributed by atoms with Crippen molar-refractivity contribution in [2.24, 2.45) is 0 Å². The molecule has 160 valence electrons. The molecule has 0 aliphatic heterocycles. The molecule has 2 heterocycles. The van der Waals surface area contributed by atoms with E-state index in [9.17, 15) is 14.0 Å². The van der Waals surface area contributed by atoms with Gasteiger partial charge in [0.1, 0.15) is 11.6 Å². The van der Waals surface area contributed by atoms with Crippen LogP contribution in [0.25, 0.3) is 11.4 Å². The summed E-state index contributed by atoms with van der Waals surface area (Å²) in [5.41, 5.74) is 2.10. The first-order chi connectivity index (χ1) is 15.6. The highest BCUT2D eigenvalue weighted by Gasteiger charge is 2.18. The Balaban J connectivity index is 1.59. The predicted octanol–water partition coefficient (Wildman–Crippen LogP) is 3.61. The number of halogens is 1. The Morgan fingerprint density at radius 1 is 1.03 bits per heavy atom. The van der Waals surface area contributed by atoms with Gasteiger partial charge in [0, 0.05) is 30.4 Å². The van der Waals surface area contributed by atoms with Crippen molar-refractivity contribution in [2.45, 2.75) is 18.9 Å². The largest absolute Gasteiger partial charge is 0.349 e. The molecule has 4 rings (SSSR count). The molecule has 2 aromatic carbocycles. The number of rotatable bonds is 7. The zero-order chi connectivity index (χ0) is 22.3. The van der Waals surface area contributed by atoms with Crippen LogP contribution in [0.4, 0.5) is 4.39 Å². The topological polar surface area (TPSA) is 87.7 Å². The van der Waals surface area contributed by atoms with Gasteiger partial charge in [-0.3, -0.25) is 14.6 Å². The lowest BCUT2D eigenvalue weighted by molar-refractivity contribution is -0.121. The maximum atomic E-state index is 14.0. The summed E-state index contributed by atoms with van der Waals surface area (Å²) in [4.78, 5) is 36.3. The van der Waals surface area contributed by atoms with Crippen LogP contribution < -0.4 is 10.9 Å². The third-order valence-corrected chi connectivity index (χ3v) is 4.99. The fraction of sp³-hybridized carbons (Fsp3) is 0.120. The third-order valence-electron chi connectivity index (χ3n) is 4.99. The second-order valence-corrected chi connectivity index (χ2v) is 7.33. The zero-order valence-corrected chi connectivity index (χ0v) is 17.2. The van der Waals surface area contributed by atoms with Crippen molar-refractivity contribution in [1.29, 1.82) is 0 Å². The molecular formula is C25H21FN4O2. The first-order valence-corrected chi connectivity index (χ1v) is 10.2. The van der Waals surface area contributed by atoms with Crippen LogP contribution in [0.3, 0.4) is 0 Å². The number of hydrogen-bond donors (Lipinski definition) is 2. The van der Waals surface area contributed by atoms with E-state index in [0.717, 1.165) is 5.56 Å². The van der Waals surface area contributed by atoms with E-state index in [1.165, 1.54) is 12.1 Å². The predicted molar refractivity (Wildman–Crippen MR) is 119 cm³/mol. The molecule has 0 bridgehead atoms. The van der Waals surface area contributed by atoms with Gasteiger partial charge < -0.3 is 10.3 Å². The van der Waals surface area contributed by atoms with Crippen LogP contribution in [0.5, 0.6) is 0 Å². The van der Waals surface area contributed by atoms with E-state index in [0.29, 0.717) is 29.1 Å². The lowest BCUT2D eigenvalue weighted by Crippen LogP contribution is -2.32. The Bertz CT molecular complexity index is 1260. The summed E-state index contributed by atoms with van der Waals surface area (Å²) in [5, 5.41) is 2.97. The van der Waals surface area contributed by atoms with Crippen LogP contribution in [0.15, 0.2) is 90.0 Å². The number of carbonyl (C=O) groups is 1. The van der Waals surface area contributed by atoms with E-state index in [1.54, 1.807) is 42.7 Å². The standard InChI is InChI=1S/C25H21FN4O2/c26-21-11-5-4-9-18(21)13-23(31)29-22(17-7-2-1-3-8-17)14-20-15-24(32)30-25(28-20)19-10-6-12-27-16-19/h1-12,15-16,22H,13-14H2,(H,29,31)(H,28,30,32)/t22-/m1/s1. The smallest absolute Gasteiger partial charge is 0.251 e. The molecule has 2 aromatic heterocycles. The average molecular weight is 428 g/mol. The van der Waals surface area contributed by atoms with Gasteiger partial charge in [-0.15, -0.1) is 0 Å². The molecule has 0 saturated carbocycles. The minimum atomic E-state index is -0.438. The maximum absolute atomic E-state index is 14.0. The molecule has 7 heteroatoms. The van der Waals surface area contributed by atoms with E-state index in [-0.39, 0.29) is 17.9 Å². The second kappa shape index (κ2) is 9.78. The molecule has 32 heavy (non-hydrogen) atoms. The van der Waals surface area contributed by atoms with Gasteiger partial charge in [0.15, 0.2) is 0 Å². The highest BCUT2D eigenvalue weighted by atomic mass is 19.1. The number of H-pyrrole nitrogens is 1. The zero-order valence-electron chi connectivity index (χ0n) is 17.2. The number of carbonyl (C=O) groups excluding carboxylic acids is 1. The first-order valence-electron chi connectivity index (χ1n) is 10.2. The van der Waals surface area contributed by atoms with Crippen LogP contribution in [0.1, 0.15) is 22.9 Å². The molecule has 0 unspecified atom stereocenters. The normalized spacial score (nSPS) is 11.7. The summed E-state index contributed by atoms with van der Waals surface area (Å²) in [6.07, 6.45) is 3.47. The van der Waals surface area contributed by atoms with E-state index in [2.05, 4.69) is 20.3 Å². The lowest BCUT2D eigenvalue weighted by atomic mass is 10.0. The molecule has 2 N–H and O–H groups in total. The number of nitrogens with one attached hydrogen (secondary N) is 2. The van der Waals surface area contributed by atoms with Crippen molar-refractivity contribution in [3.63, 3.8) is 0 Å². The molecule has 0 saturated heterocycles. The molecule has 6 nitrogen and oxygen atoms in total. The van der Waals surface area contributed by atoms with Crippen molar-refractivity contribution in [1.82, 2.24) is 20.3 Å². The highest BCUT2D eigenvalue weighted by Crippen LogP contribution is 2.19. The molecule has 0 fully saturated rings. The third kappa shape index (κ3) is 5.31. The summed E-state index contributed by atoms with van der Waals surface area (Å²) in [5.74, 6) is -0.331. The average Bonchev–Trinajstić information content (AvgIpc) is 2.81. The van der Waals surface area contributed by atoms with Crippen molar-refractivity contribution < 1.29 is 9.18 Å². The number of amides is 1. The molecule has 4 aromatic rings. The molecule has 0 aliphatic rings. The van der Waals surface area contributed by atoms with Gasteiger partial charge in [0.25, 0.3) is 5.56 Å². The summed E-state index contributed by atoms with van der Waals surface area (Å²) in [6.45, 7) is 0. The van der Waals surface area contributed by atoms with E-state index >= 15 is 0 Å². The van der Waals surface area contributed by atoms with Gasteiger partial charge in [-0.1, -0.05) is 48.5 Å². The minimum absolute atomic E-state index is 0.0836. The van der Waals surface area contributed by atoms with Crippen molar-refractivity contribution in [3.8, 4) is 11.4 Å². The van der Waals surface area contributed by atoms with E-state index in [1.807, 2.05) is 30.3 Å². The van der Waals surface area contributed by atoms with Crippen molar-refractivity contribution in [2.75, 3.05) is 0 Å². The van der Waals surface area contributed by atoms with Gasteiger partial charge >= 0.3 is 0 Å². The van der Waals surface area contributed by atoms with Gasteiger partial charge in [0.2, 0.25) is 5.91 Å². The van der Waals surface area contributed by atoms with E-state index in [4.69, 9.17) is 0 Å². The Kier molecular flexibility index (Phi) is 6.46. The van der Waals surface area contributed by atoms with Crippen LogP contribution in [-0.2, 0) is 17.6 Å². The van der Waals surface area contributed by atoms with Crippen LogP contribution in [0, 0.1) is 5.82 Å². The Morgan fingerprint density at radius 3 is 2.56 bits per heavy atom. The number of benzene rings is 2. The highest BCUT2D eigenvalue weighted by molar-refractivity contribution is 5.79. The van der Waals surface area contributed by atoms with Gasteiger partial charge in [0.05, 0.1) is 18.2 Å². The minimum Gasteiger partial charge on any atom is -0.349 e. The van der Waals surface area contributed by atoms with Gasteiger partial charge in [-0.05, 0) is 29.3 Å². The summed E-state index contributed by atoms with van der Waals surface area (Å²) in [6, 6.07) is 20.2. The van der Waals surface area contributed by atoms with Crippen LogP contribution in [0.2, 0.25) is 0 Å². The fourth-order valence-electron chi connectivity index (χ4n) is 3.46. The number of pyridine rings is 1.